The highest BCUT2D eigenvalue weighted by atomic mass is 15.1. The van der Waals surface area contributed by atoms with E-state index in [0.29, 0.717) is 0 Å². The van der Waals surface area contributed by atoms with Gasteiger partial charge in [0.15, 0.2) is 0 Å². The topological polar surface area (TPSA) is 40.7 Å². The fourth-order valence-corrected chi connectivity index (χ4v) is 3.03. The first-order valence-electron chi connectivity index (χ1n) is 7.93. The molecule has 3 aromatic rings. The summed E-state index contributed by atoms with van der Waals surface area (Å²) in [5.41, 5.74) is 6.75. The number of nitrogens with zero attached hydrogens (tertiary/aromatic N) is 1. The molecule has 2 N–H and O–H groups in total. The number of benzene rings is 2. The molecule has 3 heteroatoms. The van der Waals surface area contributed by atoms with Gasteiger partial charge < -0.3 is 5.32 Å². The lowest BCUT2D eigenvalue weighted by Crippen LogP contribution is -2.21. The SMILES string of the molecule is CNc1ccccc1C(C)(C)c1cc(-c2ccccc2C)n[nH]1. The molecule has 118 valence electrons. The van der Waals surface area contributed by atoms with E-state index in [9.17, 15) is 0 Å². The monoisotopic (exact) mass is 305 g/mol. The van der Waals surface area contributed by atoms with Crippen LogP contribution < -0.4 is 5.32 Å². The lowest BCUT2D eigenvalue weighted by molar-refractivity contribution is 0.615. The number of rotatable bonds is 4. The van der Waals surface area contributed by atoms with Gasteiger partial charge in [0.2, 0.25) is 0 Å². The number of anilines is 1. The van der Waals surface area contributed by atoms with E-state index in [1.54, 1.807) is 0 Å². The summed E-state index contributed by atoms with van der Waals surface area (Å²) in [6.45, 7) is 6.56. The number of hydrogen-bond donors (Lipinski definition) is 2. The Balaban J connectivity index is 2.04. The van der Waals surface area contributed by atoms with Gasteiger partial charge in [-0.2, -0.15) is 5.10 Å². The Bertz CT molecular complexity index is 815. The molecule has 1 heterocycles. The van der Waals surface area contributed by atoms with Crippen LogP contribution in [0.2, 0.25) is 0 Å². The molecule has 0 bridgehead atoms. The molecular formula is C20H23N3. The van der Waals surface area contributed by atoms with Crippen molar-refractivity contribution >= 4 is 5.69 Å². The van der Waals surface area contributed by atoms with Gasteiger partial charge in [-0.15, -0.1) is 0 Å². The maximum absolute atomic E-state index is 4.55. The van der Waals surface area contributed by atoms with Crippen LogP contribution in [0.1, 0.15) is 30.7 Å². The fourth-order valence-electron chi connectivity index (χ4n) is 3.03. The third kappa shape index (κ3) is 2.74. The lowest BCUT2D eigenvalue weighted by Gasteiger charge is -2.26. The number of H-pyrrole nitrogens is 1. The molecule has 0 radical (unpaired) electrons. The molecule has 23 heavy (non-hydrogen) atoms. The van der Waals surface area contributed by atoms with E-state index < -0.39 is 0 Å². The zero-order chi connectivity index (χ0) is 16.4. The van der Waals surface area contributed by atoms with Crippen molar-refractivity contribution in [1.82, 2.24) is 10.2 Å². The van der Waals surface area contributed by atoms with E-state index in [1.807, 2.05) is 7.05 Å². The highest BCUT2D eigenvalue weighted by Crippen LogP contribution is 2.36. The minimum absolute atomic E-state index is 0.159. The Morgan fingerprint density at radius 3 is 2.43 bits per heavy atom. The first-order chi connectivity index (χ1) is 11.0. The molecule has 1 aromatic heterocycles. The van der Waals surface area contributed by atoms with E-state index in [2.05, 4.69) is 90.9 Å². The smallest absolute Gasteiger partial charge is 0.0926 e. The zero-order valence-electron chi connectivity index (χ0n) is 14.1. The Kier molecular flexibility index (Phi) is 3.95. The molecular weight excluding hydrogens is 282 g/mol. The summed E-state index contributed by atoms with van der Waals surface area (Å²) in [5.74, 6) is 0. The zero-order valence-corrected chi connectivity index (χ0v) is 14.1. The van der Waals surface area contributed by atoms with Crippen molar-refractivity contribution in [3.05, 3.63) is 71.4 Å². The Morgan fingerprint density at radius 1 is 1.00 bits per heavy atom. The molecule has 0 fully saturated rings. The molecule has 0 aliphatic heterocycles. The van der Waals surface area contributed by atoms with Crippen LogP contribution in [0.4, 0.5) is 5.69 Å². The summed E-state index contributed by atoms with van der Waals surface area (Å²) in [4.78, 5) is 0. The molecule has 0 unspecified atom stereocenters. The van der Waals surface area contributed by atoms with Crippen LogP contribution in [-0.4, -0.2) is 17.2 Å². The highest BCUT2D eigenvalue weighted by Gasteiger charge is 2.28. The van der Waals surface area contributed by atoms with Crippen molar-refractivity contribution in [2.75, 3.05) is 12.4 Å². The van der Waals surface area contributed by atoms with Crippen molar-refractivity contribution in [3.63, 3.8) is 0 Å². The van der Waals surface area contributed by atoms with Gasteiger partial charge in [-0.05, 0) is 30.2 Å². The Hall–Kier alpha value is -2.55. The normalized spacial score (nSPS) is 11.5. The van der Waals surface area contributed by atoms with Crippen molar-refractivity contribution in [3.8, 4) is 11.3 Å². The van der Waals surface area contributed by atoms with E-state index >= 15 is 0 Å². The molecule has 0 amide bonds. The molecule has 0 aliphatic rings. The number of aryl methyl sites for hydroxylation is 1. The van der Waals surface area contributed by atoms with Gasteiger partial charge in [0.1, 0.15) is 0 Å². The lowest BCUT2D eigenvalue weighted by atomic mass is 9.80. The second-order valence-electron chi connectivity index (χ2n) is 6.40. The van der Waals surface area contributed by atoms with Crippen LogP contribution in [0.3, 0.4) is 0 Å². The molecule has 0 aliphatic carbocycles. The minimum Gasteiger partial charge on any atom is -0.388 e. The van der Waals surface area contributed by atoms with E-state index in [-0.39, 0.29) is 5.41 Å². The second kappa shape index (κ2) is 5.92. The van der Waals surface area contributed by atoms with Gasteiger partial charge in [0.25, 0.3) is 0 Å². The summed E-state index contributed by atoms with van der Waals surface area (Å²) in [6.07, 6.45) is 0. The third-order valence-electron chi connectivity index (χ3n) is 4.54. The van der Waals surface area contributed by atoms with E-state index in [1.165, 1.54) is 16.7 Å². The summed E-state index contributed by atoms with van der Waals surface area (Å²) in [6, 6.07) is 18.9. The predicted molar refractivity (Wildman–Crippen MR) is 96.9 cm³/mol. The average Bonchev–Trinajstić information content (AvgIpc) is 3.06. The molecule has 3 nitrogen and oxygen atoms in total. The summed E-state index contributed by atoms with van der Waals surface area (Å²) >= 11 is 0. The largest absolute Gasteiger partial charge is 0.388 e. The van der Waals surface area contributed by atoms with Gasteiger partial charge >= 0.3 is 0 Å². The molecule has 0 spiro atoms. The number of nitrogens with one attached hydrogen (secondary N) is 2. The van der Waals surface area contributed by atoms with Gasteiger partial charge in [0, 0.05) is 29.4 Å². The maximum Gasteiger partial charge on any atom is 0.0926 e. The fraction of sp³-hybridized carbons (Fsp3) is 0.250. The Labute approximate surface area is 137 Å². The van der Waals surface area contributed by atoms with Crippen molar-refractivity contribution in [2.45, 2.75) is 26.2 Å². The van der Waals surface area contributed by atoms with Crippen molar-refractivity contribution < 1.29 is 0 Å². The van der Waals surface area contributed by atoms with E-state index in [4.69, 9.17) is 0 Å². The summed E-state index contributed by atoms with van der Waals surface area (Å²) in [5, 5.41) is 11.1. The van der Waals surface area contributed by atoms with E-state index in [0.717, 1.165) is 17.1 Å². The highest BCUT2D eigenvalue weighted by molar-refractivity contribution is 5.65. The third-order valence-corrected chi connectivity index (χ3v) is 4.54. The molecule has 3 rings (SSSR count). The average molecular weight is 305 g/mol. The number of aromatic nitrogens is 2. The standard InChI is InChI=1S/C20H23N3/c1-14-9-5-6-10-15(14)18-13-19(23-22-18)20(2,3)16-11-7-8-12-17(16)21-4/h5-13,21H,1-4H3,(H,22,23). The summed E-state index contributed by atoms with van der Waals surface area (Å²) < 4.78 is 0. The Morgan fingerprint density at radius 2 is 1.70 bits per heavy atom. The number of hydrogen-bond acceptors (Lipinski definition) is 2. The van der Waals surface area contributed by atoms with Gasteiger partial charge in [0.05, 0.1) is 5.69 Å². The summed E-state index contributed by atoms with van der Waals surface area (Å²) in [7, 11) is 1.96. The van der Waals surface area contributed by atoms with Crippen LogP contribution in [-0.2, 0) is 5.41 Å². The van der Waals surface area contributed by atoms with Crippen LogP contribution >= 0.6 is 0 Å². The van der Waals surface area contributed by atoms with Crippen LogP contribution in [0.25, 0.3) is 11.3 Å². The second-order valence-corrected chi connectivity index (χ2v) is 6.40. The van der Waals surface area contributed by atoms with Gasteiger partial charge in [-0.25, -0.2) is 0 Å². The van der Waals surface area contributed by atoms with Crippen molar-refractivity contribution in [2.24, 2.45) is 0 Å². The predicted octanol–water partition coefficient (Wildman–Crippen LogP) is 4.75. The van der Waals surface area contributed by atoms with Gasteiger partial charge in [-0.3, -0.25) is 5.10 Å². The number of para-hydroxylation sites is 1. The molecule has 0 atom stereocenters. The van der Waals surface area contributed by atoms with Gasteiger partial charge in [-0.1, -0.05) is 56.3 Å². The maximum atomic E-state index is 4.55. The van der Waals surface area contributed by atoms with Crippen LogP contribution in [0, 0.1) is 6.92 Å². The molecule has 0 saturated carbocycles. The number of aromatic amines is 1. The first kappa shape index (κ1) is 15.3. The van der Waals surface area contributed by atoms with Crippen LogP contribution in [0.5, 0.6) is 0 Å². The quantitative estimate of drug-likeness (QED) is 0.730. The minimum atomic E-state index is -0.159. The first-order valence-corrected chi connectivity index (χ1v) is 7.93. The van der Waals surface area contributed by atoms with Crippen LogP contribution in [0.15, 0.2) is 54.6 Å². The molecule has 2 aromatic carbocycles. The van der Waals surface area contributed by atoms with Crippen molar-refractivity contribution in [1.29, 1.82) is 0 Å². The molecule has 0 saturated heterocycles.